The number of amides is 1. The van der Waals surface area contributed by atoms with Gasteiger partial charge in [0.1, 0.15) is 11.4 Å². The number of rotatable bonds is 5. The van der Waals surface area contributed by atoms with Crippen LogP contribution in [0.4, 0.5) is 0 Å². The highest BCUT2D eigenvalue weighted by Crippen LogP contribution is 2.22. The van der Waals surface area contributed by atoms with Gasteiger partial charge in [-0.3, -0.25) is 4.79 Å². The minimum absolute atomic E-state index is 0.0195. The Hall–Kier alpha value is -2.27. The Morgan fingerprint density at radius 2 is 2.18 bits per heavy atom. The molecule has 114 valence electrons. The third kappa shape index (κ3) is 2.85. The monoisotopic (exact) mass is 314 g/mol. The molecule has 0 aliphatic heterocycles. The van der Waals surface area contributed by atoms with E-state index in [-0.39, 0.29) is 5.91 Å². The largest absolute Gasteiger partial charge is 0.497 e. The van der Waals surface area contributed by atoms with Crippen molar-refractivity contribution in [2.45, 2.75) is 13.5 Å². The van der Waals surface area contributed by atoms with Gasteiger partial charge in [-0.05, 0) is 36.6 Å². The number of methoxy groups -OCH3 is 1. The third-order valence-electron chi connectivity index (χ3n) is 3.66. The Labute approximate surface area is 133 Å². The van der Waals surface area contributed by atoms with Crippen LogP contribution in [0.15, 0.2) is 41.8 Å². The molecule has 0 aliphatic carbocycles. The number of nitrogens with one attached hydrogen (secondary N) is 1. The lowest BCUT2D eigenvalue weighted by molar-refractivity contribution is 0.0749. The van der Waals surface area contributed by atoms with E-state index in [0.29, 0.717) is 18.8 Å². The highest BCUT2D eigenvalue weighted by Gasteiger charge is 2.17. The molecule has 3 rings (SSSR count). The Kier molecular flexibility index (Phi) is 4.15. The van der Waals surface area contributed by atoms with Crippen molar-refractivity contribution in [3.05, 3.63) is 52.3 Å². The topological polar surface area (TPSA) is 45.3 Å². The molecule has 22 heavy (non-hydrogen) atoms. The van der Waals surface area contributed by atoms with Crippen molar-refractivity contribution in [2.75, 3.05) is 13.7 Å². The van der Waals surface area contributed by atoms with Crippen molar-refractivity contribution < 1.29 is 9.53 Å². The second kappa shape index (κ2) is 6.23. The average Bonchev–Trinajstić information content (AvgIpc) is 3.20. The summed E-state index contributed by atoms with van der Waals surface area (Å²) in [6.45, 7) is 3.32. The van der Waals surface area contributed by atoms with Crippen LogP contribution in [0.25, 0.3) is 10.9 Å². The number of H-pyrrole nitrogens is 1. The Morgan fingerprint density at radius 3 is 2.86 bits per heavy atom. The van der Waals surface area contributed by atoms with Gasteiger partial charge in [-0.15, -0.1) is 11.3 Å². The molecule has 2 aromatic heterocycles. The molecule has 0 aliphatic rings. The van der Waals surface area contributed by atoms with Crippen molar-refractivity contribution in [1.29, 1.82) is 0 Å². The third-order valence-corrected chi connectivity index (χ3v) is 4.52. The summed E-state index contributed by atoms with van der Waals surface area (Å²) < 4.78 is 5.22. The lowest BCUT2D eigenvalue weighted by Gasteiger charge is -2.19. The van der Waals surface area contributed by atoms with Gasteiger partial charge in [0, 0.05) is 28.4 Å². The molecular formula is C17H18N2O2S. The molecule has 3 aromatic rings. The van der Waals surface area contributed by atoms with E-state index in [1.807, 2.05) is 47.5 Å². The fraction of sp³-hybridized carbons (Fsp3) is 0.235. The van der Waals surface area contributed by atoms with Crippen LogP contribution in [-0.4, -0.2) is 29.4 Å². The highest BCUT2D eigenvalue weighted by atomic mass is 32.1. The van der Waals surface area contributed by atoms with Crippen LogP contribution in [0.2, 0.25) is 0 Å². The number of fused-ring (bicyclic) bond motifs is 1. The first kappa shape index (κ1) is 14.7. The van der Waals surface area contributed by atoms with Crippen molar-refractivity contribution in [2.24, 2.45) is 0 Å². The molecule has 0 unspecified atom stereocenters. The predicted molar refractivity (Wildman–Crippen MR) is 89.6 cm³/mol. The maximum Gasteiger partial charge on any atom is 0.270 e. The molecule has 0 radical (unpaired) electrons. The normalized spacial score (nSPS) is 10.8. The first-order valence-electron chi connectivity index (χ1n) is 7.19. The first-order chi connectivity index (χ1) is 10.7. The van der Waals surface area contributed by atoms with Crippen LogP contribution >= 0.6 is 11.3 Å². The van der Waals surface area contributed by atoms with E-state index in [4.69, 9.17) is 4.74 Å². The van der Waals surface area contributed by atoms with E-state index in [0.717, 1.165) is 16.7 Å². The van der Waals surface area contributed by atoms with E-state index in [2.05, 4.69) is 11.1 Å². The maximum atomic E-state index is 12.7. The number of hydrogen-bond donors (Lipinski definition) is 1. The Balaban J connectivity index is 1.86. The number of thiophene rings is 1. The quantitative estimate of drug-likeness (QED) is 0.776. The summed E-state index contributed by atoms with van der Waals surface area (Å²) >= 11 is 1.67. The second-order valence-corrected chi connectivity index (χ2v) is 6.07. The molecule has 2 heterocycles. The molecule has 5 heteroatoms. The zero-order valence-corrected chi connectivity index (χ0v) is 13.4. The maximum absolute atomic E-state index is 12.7. The van der Waals surface area contributed by atoms with Gasteiger partial charge < -0.3 is 14.6 Å². The number of aromatic amines is 1. The van der Waals surface area contributed by atoms with Gasteiger partial charge in [-0.2, -0.15) is 0 Å². The summed E-state index contributed by atoms with van der Waals surface area (Å²) in [5, 5.41) is 3.04. The summed E-state index contributed by atoms with van der Waals surface area (Å²) in [6.07, 6.45) is 0. The zero-order valence-electron chi connectivity index (χ0n) is 12.6. The average molecular weight is 314 g/mol. The van der Waals surface area contributed by atoms with Gasteiger partial charge >= 0.3 is 0 Å². The SMILES string of the molecule is CCN(Cc1cccs1)C(=O)c1cc2ccc(OC)cc2[nH]1. The minimum Gasteiger partial charge on any atom is -0.497 e. The summed E-state index contributed by atoms with van der Waals surface area (Å²) in [7, 11) is 1.63. The Morgan fingerprint density at radius 1 is 1.32 bits per heavy atom. The molecule has 0 atom stereocenters. The lowest BCUT2D eigenvalue weighted by Crippen LogP contribution is -2.30. The first-order valence-corrected chi connectivity index (χ1v) is 8.07. The number of benzene rings is 1. The molecule has 1 N–H and O–H groups in total. The van der Waals surface area contributed by atoms with Gasteiger partial charge in [0.15, 0.2) is 0 Å². The summed E-state index contributed by atoms with van der Waals surface area (Å²) in [4.78, 5) is 18.9. The summed E-state index contributed by atoms with van der Waals surface area (Å²) in [5.41, 5.74) is 1.52. The van der Waals surface area contributed by atoms with Crippen molar-refractivity contribution in [3.63, 3.8) is 0 Å². The summed E-state index contributed by atoms with van der Waals surface area (Å²) in [6, 6.07) is 11.7. The number of aromatic nitrogens is 1. The molecule has 0 saturated carbocycles. The molecule has 1 amide bonds. The van der Waals surface area contributed by atoms with Crippen molar-refractivity contribution in [3.8, 4) is 5.75 Å². The van der Waals surface area contributed by atoms with Crippen LogP contribution in [0.1, 0.15) is 22.3 Å². The summed E-state index contributed by atoms with van der Waals surface area (Å²) in [5.74, 6) is 0.797. The van der Waals surface area contributed by atoms with Gasteiger partial charge in [-0.1, -0.05) is 6.07 Å². The molecular weight excluding hydrogens is 296 g/mol. The van der Waals surface area contributed by atoms with Gasteiger partial charge in [-0.25, -0.2) is 0 Å². The molecule has 1 aromatic carbocycles. The predicted octanol–water partition coefficient (Wildman–Crippen LogP) is 3.90. The van der Waals surface area contributed by atoms with E-state index in [1.165, 1.54) is 4.88 Å². The molecule has 0 bridgehead atoms. The molecule has 4 nitrogen and oxygen atoms in total. The number of ether oxygens (including phenoxy) is 1. The number of nitrogens with zero attached hydrogens (tertiary/aromatic N) is 1. The van der Waals surface area contributed by atoms with E-state index >= 15 is 0 Å². The van der Waals surface area contributed by atoms with Crippen LogP contribution < -0.4 is 4.74 Å². The van der Waals surface area contributed by atoms with Crippen molar-refractivity contribution in [1.82, 2.24) is 9.88 Å². The number of carbonyl (C=O) groups excluding carboxylic acids is 1. The standard InChI is InChI=1S/C17H18N2O2S/c1-3-19(11-14-5-4-8-22-14)17(20)16-9-12-6-7-13(21-2)10-15(12)18-16/h4-10,18H,3,11H2,1-2H3. The molecule has 0 spiro atoms. The van der Waals surface area contributed by atoms with Gasteiger partial charge in [0.25, 0.3) is 5.91 Å². The second-order valence-electron chi connectivity index (χ2n) is 5.03. The fourth-order valence-electron chi connectivity index (χ4n) is 2.44. The smallest absolute Gasteiger partial charge is 0.270 e. The van der Waals surface area contributed by atoms with Gasteiger partial charge in [0.2, 0.25) is 0 Å². The van der Waals surface area contributed by atoms with E-state index in [9.17, 15) is 4.79 Å². The lowest BCUT2D eigenvalue weighted by atomic mass is 10.2. The fourth-order valence-corrected chi connectivity index (χ4v) is 3.16. The van der Waals surface area contributed by atoms with E-state index in [1.54, 1.807) is 18.4 Å². The number of hydrogen-bond acceptors (Lipinski definition) is 3. The molecule has 0 fully saturated rings. The van der Waals surface area contributed by atoms with Crippen LogP contribution in [0.3, 0.4) is 0 Å². The Bertz CT molecular complexity index is 777. The minimum atomic E-state index is 0.0195. The van der Waals surface area contributed by atoms with Crippen molar-refractivity contribution >= 4 is 28.1 Å². The highest BCUT2D eigenvalue weighted by molar-refractivity contribution is 7.09. The van der Waals surface area contributed by atoms with E-state index < -0.39 is 0 Å². The van der Waals surface area contributed by atoms with Gasteiger partial charge in [0.05, 0.1) is 13.7 Å². The zero-order chi connectivity index (χ0) is 15.5. The van der Waals surface area contributed by atoms with Crippen LogP contribution in [-0.2, 0) is 6.54 Å². The number of carbonyl (C=O) groups is 1. The van der Waals surface area contributed by atoms with Crippen LogP contribution in [0, 0.1) is 0 Å². The van der Waals surface area contributed by atoms with Crippen LogP contribution in [0.5, 0.6) is 5.75 Å². The molecule has 0 saturated heterocycles.